The Bertz CT molecular complexity index is 313. The SMILES string of the molecule is Cc1cc(CN2CCOC(CO)C2)no1. The van der Waals surface area contributed by atoms with Gasteiger partial charge < -0.3 is 14.4 Å². The van der Waals surface area contributed by atoms with Crippen molar-refractivity contribution in [3.05, 3.63) is 17.5 Å². The highest BCUT2D eigenvalue weighted by molar-refractivity contribution is 5.03. The van der Waals surface area contributed by atoms with Crippen molar-refractivity contribution in [2.45, 2.75) is 19.6 Å². The summed E-state index contributed by atoms with van der Waals surface area (Å²) in [6, 6.07) is 1.93. The molecule has 5 nitrogen and oxygen atoms in total. The van der Waals surface area contributed by atoms with Crippen molar-refractivity contribution in [2.24, 2.45) is 0 Å². The van der Waals surface area contributed by atoms with Gasteiger partial charge in [-0.3, -0.25) is 4.90 Å². The molecule has 2 heterocycles. The number of ether oxygens (including phenoxy) is 1. The Morgan fingerprint density at radius 3 is 3.20 bits per heavy atom. The number of hydrogen-bond acceptors (Lipinski definition) is 5. The first-order valence-corrected chi connectivity index (χ1v) is 5.15. The lowest BCUT2D eigenvalue weighted by Gasteiger charge is -2.31. The molecule has 84 valence electrons. The molecule has 0 aliphatic carbocycles. The quantitative estimate of drug-likeness (QED) is 0.774. The minimum absolute atomic E-state index is 0.0632. The van der Waals surface area contributed by atoms with Gasteiger partial charge in [-0.05, 0) is 6.92 Å². The molecule has 0 amide bonds. The van der Waals surface area contributed by atoms with Gasteiger partial charge in [0.25, 0.3) is 0 Å². The zero-order valence-corrected chi connectivity index (χ0v) is 8.85. The van der Waals surface area contributed by atoms with Crippen LogP contribution in [0, 0.1) is 6.92 Å². The van der Waals surface area contributed by atoms with Gasteiger partial charge in [-0.2, -0.15) is 0 Å². The third-order valence-corrected chi connectivity index (χ3v) is 2.49. The summed E-state index contributed by atoms with van der Waals surface area (Å²) in [4.78, 5) is 2.21. The molecular formula is C10H16N2O3. The highest BCUT2D eigenvalue weighted by Crippen LogP contribution is 2.10. The van der Waals surface area contributed by atoms with E-state index in [2.05, 4.69) is 10.1 Å². The van der Waals surface area contributed by atoms with Crippen LogP contribution in [0.5, 0.6) is 0 Å². The Balaban J connectivity index is 1.88. The van der Waals surface area contributed by atoms with E-state index in [0.29, 0.717) is 6.61 Å². The van der Waals surface area contributed by atoms with Gasteiger partial charge in [-0.15, -0.1) is 0 Å². The monoisotopic (exact) mass is 212 g/mol. The molecule has 15 heavy (non-hydrogen) atoms. The second-order valence-electron chi connectivity index (χ2n) is 3.84. The van der Waals surface area contributed by atoms with Crippen LogP contribution in [0.3, 0.4) is 0 Å². The van der Waals surface area contributed by atoms with E-state index in [9.17, 15) is 0 Å². The maximum atomic E-state index is 8.99. The predicted molar refractivity (Wildman–Crippen MR) is 53.3 cm³/mol. The maximum Gasteiger partial charge on any atom is 0.133 e. The van der Waals surface area contributed by atoms with Crippen molar-refractivity contribution in [2.75, 3.05) is 26.3 Å². The molecule has 1 unspecified atom stereocenters. The van der Waals surface area contributed by atoms with Crippen molar-refractivity contribution in [3.8, 4) is 0 Å². The molecular weight excluding hydrogens is 196 g/mol. The summed E-state index contributed by atoms with van der Waals surface area (Å²) >= 11 is 0. The lowest BCUT2D eigenvalue weighted by Crippen LogP contribution is -2.43. The zero-order chi connectivity index (χ0) is 10.7. The molecule has 1 saturated heterocycles. The second kappa shape index (κ2) is 4.74. The number of rotatable bonds is 3. The molecule has 1 fully saturated rings. The Morgan fingerprint density at radius 2 is 2.53 bits per heavy atom. The highest BCUT2D eigenvalue weighted by atomic mass is 16.5. The molecule has 0 aromatic carbocycles. The highest BCUT2D eigenvalue weighted by Gasteiger charge is 2.20. The van der Waals surface area contributed by atoms with E-state index in [-0.39, 0.29) is 12.7 Å². The van der Waals surface area contributed by atoms with Crippen molar-refractivity contribution in [1.82, 2.24) is 10.1 Å². The van der Waals surface area contributed by atoms with Crippen molar-refractivity contribution < 1.29 is 14.4 Å². The Morgan fingerprint density at radius 1 is 1.67 bits per heavy atom. The van der Waals surface area contributed by atoms with Crippen LogP contribution >= 0.6 is 0 Å². The Kier molecular flexibility index (Phi) is 3.35. The fourth-order valence-electron chi connectivity index (χ4n) is 1.76. The summed E-state index contributed by atoms with van der Waals surface area (Å²) in [6.07, 6.45) is -0.0632. The number of aliphatic hydroxyl groups excluding tert-OH is 1. The van der Waals surface area contributed by atoms with Crippen LogP contribution < -0.4 is 0 Å². The van der Waals surface area contributed by atoms with E-state index in [4.69, 9.17) is 14.4 Å². The lowest BCUT2D eigenvalue weighted by atomic mass is 10.2. The fraction of sp³-hybridized carbons (Fsp3) is 0.700. The zero-order valence-electron chi connectivity index (χ0n) is 8.85. The molecule has 5 heteroatoms. The van der Waals surface area contributed by atoms with Crippen LogP contribution in [0.2, 0.25) is 0 Å². The van der Waals surface area contributed by atoms with E-state index in [0.717, 1.165) is 31.1 Å². The normalized spacial score (nSPS) is 23.2. The Hall–Kier alpha value is -0.910. The molecule has 1 aromatic rings. The number of hydrogen-bond donors (Lipinski definition) is 1. The summed E-state index contributed by atoms with van der Waals surface area (Å²) < 4.78 is 10.4. The molecule has 0 bridgehead atoms. The van der Waals surface area contributed by atoms with Gasteiger partial charge >= 0.3 is 0 Å². The van der Waals surface area contributed by atoms with E-state index >= 15 is 0 Å². The van der Waals surface area contributed by atoms with Crippen LogP contribution in [0.1, 0.15) is 11.5 Å². The number of aromatic nitrogens is 1. The van der Waals surface area contributed by atoms with E-state index < -0.39 is 0 Å². The molecule has 1 aliphatic heterocycles. The van der Waals surface area contributed by atoms with Crippen LogP contribution in [0.15, 0.2) is 10.6 Å². The van der Waals surface area contributed by atoms with Crippen molar-refractivity contribution in [1.29, 1.82) is 0 Å². The average Bonchev–Trinajstić information content (AvgIpc) is 2.64. The first-order chi connectivity index (χ1) is 7.28. The second-order valence-corrected chi connectivity index (χ2v) is 3.84. The van der Waals surface area contributed by atoms with Crippen LogP contribution in [-0.4, -0.2) is 47.6 Å². The van der Waals surface area contributed by atoms with Gasteiger partial charge in [-0.1, -0.05) is 5.16 Å². The summed E-state index contributed by atoms with van der Waals surface area (Å²) in [6.45, 7) is 5.02. The molecule has 2 rings (SSSR count). The van der Waals surface area contributed by atoms with Gasteiger partial charge in [0.2, 0.25) is 0 Å². The molecule has 1 atom stereocenters. The summed E-state index contributed by atoms with van der Waals surface area (Å²) in [5.41, 5.74) is 0.936. The number of morpholine rings is 1. The van der Waals surface area contributed by atoms with Crippen molar-refractivity contribution in [3.63, 3.8) is 0 Å². The number of aryl methyl sites for hydroxylation is 1. The molecule has 0 radical (unpaired) electrons. The van der Waals surface area contributed by atoms with Crippen LogP contribution in [-0.2, 0) is 11.3 Å². The molecule has 0 saturated carbocycles. The molecule has 1 aliphatic rings. The number of aliphatic hydroxyl groups is 1. The standard InChI is InChI=1S/C10H16N2O3/c1-8-4-9(11-15-8)5-12-2-3-14-10(6-12)7-13/h4,10,13H,2-3,5-7H2,1H3. The van der Waals surface area contributed by atoms with Crippen LogP contribution in [0.25, 0.3) is 0 Å². The molecule has 0 spiro atoms. The smallest absolute Gasteiger partial charge is 0.133 e. The third kappa shape index (κ3) is 2.77. The summed E-state index contributed by atoms with van der Waals surface area (Å²) in [5.74, 6) is 0.831. The lowest BCUT2D eigenvalue weighted by molar-refractivity contribution is -0.0555. The van der Waals surface area contributed by atoms with Gasteiger partial charge in [0.05, 0.1) is 25.0 Å². The third-order valence-electron chi connectivity index (χ3n) is 2.49. The predicted octanol–water partition coefficient (Wildman–Crippen LogP) is 0.176. The van der Waals surface area contributed by atoms with E-state index in [1.165, 1.54) is 0 Å². The fourth-order valence-corrected chi connectivity index (χ4v) is 1.76. The molecule has 1 N–H and O–H groups in total. The largest absolute Gasteiger partial charge is 0.394 e. The van der Waals surface area contributed by atoms with Crippen LogP contribution in [0.4, 0.5) is 0 Å². The van der Waals surface area contributed by atoms with Crippen molar-refractivity contribution >= 4 is 0 Å². The Labute approximate surface area is 88.6 Å². The summed E-state index contributed by atoms with van der Waals surface area (Å²) in [5, 5.41) is 12.9. The van der Waals surface area contributed by atoms with Gasteiger partial charge in [0.15, 0.2) is 0 Å². The van der Waals surface area contributed by atoms with Gasteiger partial charge in [0.1, 0.15) is 5.76 Å². The van der Waals surface area contributed by atoms with Gasteiger partial charge in [-0.25, -0.2) is 0 Å². The van der Waals surface area contributed by atoms with Gasteiger partial charge in [0, 0.05) is 25.7 Å². The summed E-state index contributed by atoms with van der Waals surface area (Å²) in [7, 11) is 0. The van der Waals surface area contributed by atoms with E-state index in [1.807, 2.05) is 13.0 Å². The minimum Gasteiger partial charge on any atom is -0.394 e. The first-order valence-electron chi connectivity index (χ1n) is 5.15. The van der Waals surface area contributed by atoms with E-state index in [1.54, 1.807) is 0 Å². The minimum atomic E-state index is -0.0632. The number of nitrogens with zero attached hydrogens (tertiary/aromatic N) is 2. The average molecular weight is 212 g/mol. The molecule has 1 aromatic heterocycles. The topological polar surface area (TPSA) is 58.7 Å². The first kappa shape index (κ1) is 10.6. The maximum absolute atomic E-state index is 8.99.